The van der Waals surface area contributed by atoms with Gasteiger partial charge in [0.15, 0.2) is 5.78 Å². The van der Waals surface area contributed by atoms with Gasteiger partial charge in [0.1, 0.15) is 6.10 Å². The van der Waals surface area contributed by atoms with E-state index in [2.05, 4.69) is 0 Å². The van der Waals surface area contributed by atoms with Crippen molar-refractivity contribution in [1.29, 1.82) is 0 Å². The lowest BCUT2D eigenvalue weighted by molar-refractivity contribution is -0.124. The van der Waals surface area contributed by atoms with Gasteiger partial charge in [0.25, 0.3) is 0 Å². The first-order valence-corrected chi connectivity index (χ1v) is 3.37. The third-order valence-electron chi connectivity index (χ3n) is 2.33. The van der Waals surface area contributed by atoms with Gasteiger partial charge in [0, 0.05) is 5.41 Å². The van der Waals surface area contributed by atoms with Gasteiger partial charge in [-0.3, -0.25) is 4.79 Å². The van der Waals surface area contributed by atoms with Crippen molar-refractivity contribution < 1.29 is 9.90 Å². The van der Waals surface area contributed by atoms with E-state index >= 15 is 0 Å². The van der Waals surface area contributed by atoms with Gasteiger partial charge in [0.2, 0.25) is 0 Å². The maximum Gasteiger partial charge on any atom is 0.184 e. The highest BCUT2D eigenvalue weighted by Crippen LogP contribution is 2.35. The Morgan fingerprint density at radius 1 is 1.60 bits per heavy atom. The molecule has 0 fully saturated rings. The molecule has 0 aromatic rings. The van der Waals surface area contributed by atoms with Crippen LogP contribution in [0.1, 0.15) is 20.8 Å². The Hall–Kier alpha value is -0.630. The summed E-state index contributed by atoms with van der Waals surface area (Å²) in [6.45, 7) is 5.61. The van der Waals surface area contributed by atoms with E-state index < -0.39 is 6.10 Å². The van der Waals surface area contributed by atoms with Crippen molar-refractivity contribution in [1.82, 2.24) is 0 Å². The molecule has 1 aliphatic carbocycles. The molecule has 10 heavy (non-hydrogen) atoms. The number of aliphatic hydroxyl groups is 1. The molecule has 2 nitrogen and oxygen atoms in total. The first-order valence-electron chi connectivity index (χ1n) is 3.37. The molecule has 1 rings (SSSR count). The topological polar surface area (TPSA) is 37.3 Å². The molecular weight excluding hydrogens is 128 g/mol. The highest BCUT2D eigenvalue weighted by molar-refractivity contribution is 5.98. The lowest BCUT2D eigenvalue weighted by atomic mass is 9.84. The number of aliphatic hydroxyl groups excluding tert-OH is 1. The molecular formula is C8H12O2. The van der Waals surface area contributed by atoms with Gasteiger partial charge in [-0.05, 0) is 13.0 Å². The number of ketones is 1. The zero-order valence-corrected chi connectivity index (χ0v) is 6.51. The fourth-order valence-electron chi connectivity index (χ4n) is 1.05. The van der Waals surface area contributed by atoms with E-state index in [0.717, 1.165) is 5.57 Å². The molecule has 0 saturated carbocycles. The van der Waals surface area contributed by atoms with Crippen LogP contribution in [0.4, 0.5) is 0 Å². The monoisotopic (exact) mass is 140 g/mol. The highest BCUT2D eigenvalue weighted by Gasteiger charge is 2.39. The minimum absolute atomic E-state index is 0.164. The van der Waals surface area contributed by atoms with Crippen molar-refractivity contribution >= 4 is 5.78 Å². The van der Waals surface area contributed by atoms with Gasteiger partial charge < -0.3 is 5.11 Å². The molecule has 0 aromatic heterocycles. The Morgan fingerprint density at radius 2 is 2.10 bits per heavy atom. The molecule has 0 amide bonds. The second-order valence-corrected chi connectivity index (χ2v) is 3.35. The minimum Gasteiger partial charge on any atom is -0.384 e. The van der Waals surface area contributed by atoms with Crippen LogP contribution in [0.3, 0.4) is 0 Å². The summed E-state index contributed by atoms with van der Waals surface area (Å²) in [6, 6.07) is 0. The molecule has 0 bridgehead atoms. The third-order valence-corrected chi connectivity index (χ3v) is 2.33. The standard InChI is InChI=1S/C8H12O2/c1-5-4-6(9)7(10)8(5,2)3/h4,7,10H,1-3H3. The predicted molar refractivity (Wildman–Crippen MR) is 38.6 cm³/mol. The Morgan fingerprint density at radius 3 is 2.20 bits per heavy atom. The fraction of sp³-hybridized carbons (Fsp3) is 0.625. The van der Waals surface area contributed by atoms with Crippen LogP contribution in [0.15, 0.2) is 11.6 Å². The van der Waals surface area contributed by atoms with Gasteiger partial charge in [-0.1, -0.05) is 19.4 Å². The van der Waals surface area contributed by atoms with E-state index in [1.54, 1.807) is 0 Å². The number of hydrogen-bond acceptors (Lipinski definition) is 2. The van der Waals surface area contributed by atoms with Gasteiger partial charge in [0.05, 0.1) is 0 Å². The van der Waals surface area contributed by atoms with Crippen LogP contribution < -0.4 is 0 Å². The van der Waals surface area contributed by atoms with Gasteiger partial charge in [-0.25, -0.2) is 0 Å². The van der Waals surface area contributed by atoms with Crippen molar-refractivity contribution in [2.45, 2.75) is 26.9 Å². The predicted octanol–water partition coefficient (Wildman–Crippen LogP) is 0.903. The van der Waals surface area contributed by atoms with Crippen LogP contribution in [-0.4, -0.2) is 17.0 Å². The van der Waals surface area contributed by atoms with E-state index in [-0.39, 0.29) is 11.2 Å². The molecule has 1 unspecified atom stereocenters. The Balaban J connectivity index is 3.00. The molecule has 0 aliphatic heterocycles. The number of carbonyl (C=O) groups excluding carboxylic acids is 1. The smallest absolute Gasteiger partial charge is 0.184 e. The summed E-state index contributed by atoms with van der Waals surface area (Å²) >= 11 is 0. The van der Waals surface area contributed by atoms with Crippen molar-refractivity contribution in [3.05, 3.63) is 11.6 Å². The number of hydrogen-bond donors (Lipinski definition) is 1. The maximum absolute atomic E-state index is 10.9. The maximum atomic E-state index is 10.9. The summed E-state index contributed by atoms with van der Waals surface area (Å²) in [4.78, 5) is 10.9. The van der Waals surface area contributed by atoms with Crippen molar-refractivity contribution in [3.8, 4) is 0 Å². The van der Waals surface area contributed by atoms with Crippen molar-refractivity contribution in [3.63, 3.8) is 0 Å². The number of carbonyl (C=O) groups is 1. The zero-order chi connectivity index (χ0) is 7.94. The first-order chi connectivity index (χ1) is 4.46. The van der Waals surface area contributed by atoms with Gasteiger partial charge in [-0.2, -0.15) is 0 Å². The van der Waals surface area contributed by atoms with E-state index in [4.69, 9.17) is 0 Å². The summed E-state index contributed by atoms with van der Waals surface area (Å²) in [5, 5.41) is 9.29. The molecule has 0 radical (unpaired) electrons. The second kappa shape index (κ2) is 1.92. The van der Waals surface area contributed by atoms with Gasteiger partial charge in [-0.15, -0.1) is 0 Å². The molecule has 0 spiro atoms. The molecule has 0 aromatic carbocycles. The summed E-state index contributed by atoms with van der Waals surface area (Å²) in [5.74, 6) is -0.164. The summed E-state index contributed by atoms with van der Waals surface area (Å²) in [5.41, 5.74) is 0.613. The summed E-state index contributed by atoms with van der Waals surface area (Å²) < 4.78 is 0. The molecule has 1 atom stereocenters. The van der Waals surface area contributed by atoms with Crippen LogP contribution in [0.5, 0.6) is 0 Å². The highest BCUT2D eigenvalue weighted by atomic mass is 16.3. The number of rotatable bonds is 0. The average molecular weight is 140 g/mol. The van der Waals surface area contributed by atoms with Gasteiger partial charge >= 0.3 is 0 Å². The normalized spacial score (nSPS) is 30.6. The molecule has 56 valence electrons. The summed E-state index contributed by atoms with van der Waals surface area (Å²) in [6.07, 6.45) is 0.692. The Labute approximate surface area is 60.6 Å². The minimum atomic E-state index is -0.826. The lowest BCUT2D eigenvalue weighted by Gasteiger charge is -2.23. The van der Waals surface area contributed by atoms with E-state index in [1.165, 1.54) is 6.08 Å². The van der Waals surface area contributed by atoms with Crippen LogP contribution in [0, 0.1) is 5.41 Å². The van der Waals surface area contributed by atoms with Crippen molar-refractivity contribution in [2.24, 2.45) is 5.41 Å². The van der Waals surface area contributed by atoms with Crippen LogP contribution in [0.2, 0.25) is 0 Å². The zero-order valence-electron chi connectivity index (χ0n) is 6.51. The van der Waals surface area contributed by atoms with E-state index in [1.807, 2.05) is 20.8 Å². The van der Waals surface area contributed by atoms with Crippen LogP contribution in [0.25, 0.3) is 0 Å². The molecule has 0 heterocycles. The fourth-order valence-corrected chi connectivity index (χ4v) is 1.05. The summed E-state index contributed by atoms with van der Waals surface area (Å²) in [7, 11) is 0. The lowest BCUT2D eigenvalue weighted by Crippen LogP contribution is -2.30. The second-order valence-electron chi connectivity index (χ2n) is 3.35. The van der Waals surface area contributed by atoms with Crippen LogP contribution in [-0.2, 0) is 4.79 Å². The Bertz CT molecular complexity index is 201. The largest absolute Gasteiger partial charge is 0.384 e. The quantitative estimate of drug-likeness (QED) is 0.543. The molecule has 0 saturated heterocycles. The molecule has 1 N–H and O–H groups in total. The van der Waals surface area contributed by atoms with E-state index in [0.29, 0.717) is 0 Å². The molecule has 1 aliphatic rings. The SMILES string of the molecule is CC1=CC(=O)C(O)C1(C)C. The Kier molecular flexibility index (Phi) is 1.44. The average Bonchev–Trinajstić information content (AvgIpc) is 1.97. The van der Waals surface area contributed by atoms with Crippen LogP contribution >= 0.6 is 0 Å². The van der Waals surface area contributed by atoms with E-state index in [9.17, 15) is 9.90 Å². The first kappa shape index (κ1) is 7.48. The molecule has 2 heteroatoms. The third kappa shape index (κ3) is 0.797. The van der Waals surface area contributed by atoms with Crippen molar-refractivity contribution in [2.75, 3.05) is 0 Å².